The molecule has 0 amide bonds. The summed E-state index contributed by atoms with van der Waals surface area (Å²) in [6, 6.07) is 3.12. The monoisotopic (exact) mass is 231 g/mol. The average molecular weight is 231 g/mol. The SMILES string of the molecule is CNCC#Cc1cccc(F)c1C(F)(F)F. The lowest BCUT2D eigenvalue weighted by Gasteiger charge is -2.09. The van der Waals surface area contributed by atoms with Crippen LogP contribution in [0, 0.1) is 17.7 Å². The van der Waals surface area contributed by atoms with E-state index in [0.29, 0.717) is 0 Å². The van der Waals surface area contributed by atoms with Crippen molar-refractivity contribution in [1.29, 1.82) is 0 Å². The number of rotatable bonds is 1. The second-order valence-corrected chi connectivity index (χ2v) is 2.99. The Kier molecular flexibility index (Phi) is 3.91. The Labute approximate surface area is 90.5 Å². The Morgan fingerprint density at radius 1 is 1.31 bits per heavy atom. The molecule has 1 aromatic carbocycles. The highest BCUT2D eigenvalue weighted by atomic mass is 19.4. The highest BCUT2D eigenvalue weighted by Gasteiger charge is 2.36. The molecule has 0 aromatic heterocycles. The van der Waals surface area contributed by atoms with Crippen molar-refractivity contribution >= 4 is 0 Å². The van der Waals surface area contributed by atoms with E-state index in [-0.39, 0.29) is 12.1 Å². The minimum Gasteiger partial charge on any atom is -0.309 e. The average Bonchev–Trinajstić information content (AvgIpc) is 2.16. The van der Waals surface area contributed by atoms with Crippen LogP contribution in [0.2, 0.25) is 0 Å². The van der Waals surface area contributed by atoms with E-state index in [1.165, 1.54) is 6.07 Å². The summed E-state index contributed by atoms with van der Waals surface area (Å²) in [7, 11) is 1.62. The van der Waals surface area contributed by atoms with Crippen molar-refractivity contribution in [2.75, 3.05) is 13.6 Å². The summed E-state index contributed by atoms with van der Waals surface area (Å²) in [4.78, 5) is 0. The van der Waals surface area contributed by atoms with Gasteiger partial charge in [0.2, 0.25) is 0 Å². The lowest BCUT2D eigenvalue weighted by Crippen LogP contribution is -2.11. The molecule has 0 spiro atoms. The molecule has 0 saturated carbocycles. The van der Waals surface area contributed by atoms with E-state index in [1.807, 2.05) is 0 Å². The predicted octanol–water partition coefficient (Wildman–Crippen LogP) is 2.42. The van der Waals surface area contributed by atoms with Crippen LogP contribution in [-0.2, 0) is 6.18 Å². The van der Waals surface area contributed by atoms with Gasteiger partial charge in [-0.05, 0) is 19.2 Å². The summed E-state index contributed by atoms with van der Waals surface area (Å²) in [6.45, 7) is 0.244. The highest BCUT2D eigenvalue weighted by Crippen LogP contribution is 2.33. The summed E-state index contributed by atoms with van der Waals surface area (Å²) < 4.78 is 50.5. The summed E-state index contributed by atoms with van der Waals surface area (Å²) in [6.07, 6.45) is -4.73. The number of alkyl halides is 3. The van der Waals surface area contributed by atoms with Gasteiger partial charge in [0.25, 0.3) is 0 Å². The largest absolute Gasteiger partial charge is 0.420 e. The van der Waals surface area contributed by atoms with Gasteiger partial charge in [-0.25, -0.2) is 4.39 Å². The normalized spacial score (nSPS) is 10.8. The van der Waals surface area contributed by atoms with Gasteiger partial charge in [0, 0.05) is 5.56 Å². The first-order valence-corrected chi connectivity index (χ1v) is 4.46. The lowest BCUT2D eigenvalue weighted by atomic mass is 10.1. The molecule has 0 aliphatic rings. The smallest absolute Gasteiger partial charge is 0.309 e. The number of benzene rings is 1. The van der Waals surface area contributed by atoms with E-state index in [0.717, 1.165) is 12.1 Å². The van der Waals surface area contributed by atoms with Crippen LogP contribution >= 0.6 is 0 Å². The third-order valence-electron chi connectivity index (χ3n) is 1.79. The molecule has 1 N–H and O–H groups in total. The van der Waals surface area contributed by atoms with Gasteiger partial charge < -0.3 is 5.32 Å². The molecular formula is C11H9F4N. The summed E-state index contributed by atoms with van der Waals surface area (Å²) in [5, 5.41) is 2.66. The van der Waals surface area contributed by atoms with Crippen LogP contribution in [0.1, 0.15) is 11.1 Å². The summed E-state index contributed by atoms with van der Waals surface area (Å²) >= 11 is 0. The van der Waals surface area contributed by atoms with E-state index >= 15 is 0 Å². The van der Waals surface area contributed by atoms with Gasteiger partial charge in [-0.1, -0.05) is 17.9 Å². The third-order valence-corrected chi connectivity index (χ3v) is 1.79. The zero-order valence-electron chi connectivity index (χ0n) is 8.45. The molecule has 1 aromatic rings. The van der Waals surface area contributed by atoms with Gasteiger partial charge >= 0.3 is 6.18 Å². The fraction of sp³-hybridized carbons (Fsp3) is 0.273. The van der Waals surface area contributed by atoms with Crippen molar-refractivity contribution in [2.45, 2.75) is 6.18 Å². The van der Waals surface area contributed by atoms with Gasteiger partial charge in [0.05, 0.1) is 6.54 Å². The topological polar surface area (TPSA) is 12.0 Å². The summed E-state index contributed by atoms with van der Waals surface area (Å²) in [5.74, 6) is 3.45. The van der Waals surface area contributed by atoms with Crippen LogP contribution in [0.25, 0.3) is 0 Å². The molecule has 0 aliphatic heterocycles. The van der Waals surface area contributed by atoms with Crippen LogP contribution in [0.3, 0.4) is 0 Å². The molecule has 1 nitrogen and oxygen atoms in total. The number of hydrogen-bond donors (Lipinski definition) is 1. The molecule has 0 unspecified atom stereocenters. The maximum atomic E-state index is 13.1. The number of nitrogens with one attached hydrogen (secondary N) is 1. The lowest BCUT2D eigenvalue weighted by molar-refractivity contribution is -0.140. The molecule has 86 valence electrons. The van der Waals surface area contributed by atoms with Crippen LogP contribution in [0.5, 0.6) is 0 Å². The third kappa shape index (κ3) is 2.97. The maximum absolute atomic E-state index is 13.1. The van der Waals surface area contributed by atoms with Crippen molar-refractivity contribution in [3.63, 3.8) is 0 Å². The quantitative estimate of drug-likeness (QED) is 0.578. The molecule has 0 atom stereocenters. The van der Waals surface area contributed by atoms with Crippen LogP contribution in [0.15, 0.2) is 18.2 Å². The van der Waals surface area contributed by atoms with E-state index in [1.54, 1.807) is 7.05 Å². The van der Waals surface area contributed by atoms with E-state index in [4.69, 9.17) is 0 Å². The van der Waals surface area contributed by atoms with Gasteiger partial charge in [-0.15, -0.1) is 0 Å². The molecule has 5 heteroatoms. The van der Waals surface area contributed by atoms with Crippen molar-refractivity contribution in [1.82, 2.24) is 5.32 Å². The van der Waals surface area contributed by atoms with E-state index in [2.05, 4.69) is 17.2 Å². The fourth-order valence-corrected chi connectivity index (χ4v) is 1.14. The van der Waals surface area contributed by atoms with Gasteiger partial charge in [0.15, 0.2) is 0 Å². The molecule has 0 heterocycles. The molecule has 0 radical (unpaired) electrons. The second-order valence-electron chi connectivity index (χ2n) is 2.99. The zero-order chi connectivity index (χ0) is 12.2. The van der Waals surface area contributed by atoms with Gasteiger partial charge in [0.1, 0.15) is 11.4 Å². The Bertz CT molecular complexity index is 426. The van der Waals surface area contributed by atoms with Crippen LogP contribution in [0.4, 0.5) is 17.6 Å². The highest BCUT2D eigenvalue weighted by molar-refractivity contribution is 5.43. The first-order valence-electron chi connectivity index (χ1n) is 4.46. The van der Waals surface area contributed by atoms with Crippen molar-refractivity contribution in [3.8, 4) is 11.8 Å². The minimum atomic E-state index is -4.73. The first-order chi connectivity index (χ1) is 7.46. The standard InChI is InChI=1S/C11H9F4N/c1-16-7-3-5-8-4-2-6-9(12)10(8)11(13,14)15/h2,4,6,16H,7H2,1H3. The van der Waals surface area contributed by atoms with Gasteiger partial charge in [-0.3, -0.25) is 0 Å². The van der Waals surface area contributed by atoms with Crippen LogP contribution < -0.4 is 5.32 Å². The Balaban J connectivity index is 3.20. The first kappa shape index (κ1) is 12.5. The predicted molar refractivity (Wildman–Crippen MR) is 52.2 cm³/mol. The van der Waals surface area contributed by atoms with Crippen molar-refractivity contribution in [3.05, 3.63) is 35.1 Å². The second kappa shape index (κ2) is 4.99. The van der Waals surface area contributed by atoms with Gasteiger partial charge in [-0.2, -0.15) is 13.2 Å². The van der Waals surface area contributed by atoms with Crippen molar-refractivity contribution < 1.29 is 17.6 Å². The molecule has 16 heavy (non-hydrogen) atoms. The molecular weight excluding hydrogens is 222 g/mol. The Morgan fingerprint density at radius 3 is 2.56 bits per heavy atom. The molecule has 0 bridgehead atoms. The molecule has 0 fully saturated rings. The van der Waals surface area contributed by atoms with E-state index in [9.17, 15) is 17.6 Å². The minimum absolute atomic E-state index is 0.244. The van der Waals surface area contributed by atoms with E-state index < -0.39 is 17.6 Å². The Morgan fingerprint density at radius 2 is 2.00 bits per heavy atom. The molecule has 0 aliphatic carbocycles. The summed E-state index contributed by atoms with van der Waals surface area (Å²) in [5.41, 5.74) is -1.65. The number of hydrogen-bond acceptors (Lipinski definition) is 1. The maximum Gasteiger partial charge on any atom is 0.420 e. The zero-order valence-corrected chi connectivity index (χ0v) is 8.45. The van der Waals surface area contributed by atoms with Crippen LogP contribution in [-0.4, -0.2) is 13.6 Å². The molecule has 1 rings (SSSR count). The Hall–Kier alpha value is -1.54. The molecule has 0 saturated heterocycles. The fourth-order valence-electron chi connectivity index (χ4n) is 1.14. The van der Waals surface area contributed by atoms with Crippen molar-refractivity contribution in [2.24, 2.45) is 0 Å². The number of halogens is 4.